The minimum Gasteiger partial charge on any atom is -0.468 e. The third-order valence-corrected chi connectivity index (χ3v) is 2.59. The normalized spacial score (nSPS) is 11.0. The molecule has 0 aliphatic carbocycles. The first-order valence-electron chi connectivity index (χ1n) is 6.40. The summed E-state index contributed by atoms with van der Waals surface area (Å²) in [6.45, 7) is 12.8. The van der Waals surface area contributed by atoms with E-state index in [1.165, 1.54) is 5.56 Å². The Morgan fingerprint density at radius 3 is 2.94 bits per heavy atom. The maximum Gasteiger partial charge on any atom is 0.118 e. The molecule has 1 heterocycles. The Morgan fingerprint density at radius 1 is 1.47 bits per heavy atom. The van der Waals surface area contributed by atoms with E-state index < -0.39 is 0 Å². The van der Waals surface area contributed by atoms with Crippen molar-refractivity contribution in [2.45, 2.75) is 33.4 Å². The molecule has 0 aromatic carbocycles. The van der Waals surface area contributed by atoms with Gasteiger partial charge in [-0.1, -0.05) is 19.9 Å². The van der Waals surface area contributed by atoms with E-state index in [9.17, 15) is 0 Å². The number of furan rings is 1. The largest absolute Gasteiger partial charge is 0.468 e. The number of nitrogens with zero attached hydrogens (tertiary/aromatic N) is 1. The highest BCUT2D eigenvalue weighted by Crippen LogP contribution is 2.11. The number of hydrogen-bond donors (Lipinski definition) is 1. The molecule has 96 valence electrons. The maximum atomic E-state index is 5.57. The van der Waals surface area contributed by atoms with Crippen LogP contribution in [-0.2, 0) is 13.1 Å². The molecule has 1 N–H and O–H groups in total. The van der Waals surface area contributed by atoms with Crippen molar-refractivity contribution in [3.05, 3.63) is 36.3 Å². The SMILES string of the molecule is C=CCN(CCC)Cc1cc(CNCC)co1. The quantitative estimate of drug-likeness (QED) is 0.668. The Kier molecular flexibility index (Phi) is 6.67. The molecule has 0 saturated carbocycles. The number of nitrogens with one attached hydrogen (secondary N) is 1. The van der Waals surface area contributed by atoms with Crippen molar-refractivity contribution in [3.63, 3.8) is 0 Å². The Labute approximate surface area is 104 Å². The van der Waals surface area contributed by atoms with Gasteiger partial charge >= 0.3 is 0 Å². The van der Waals surface area contributed by atoms with Crippen LogP contribution in [-0.4, -0.2) is 24.5 Å². The van der Waals surface area contributed by atoms with Crippen LogP contribution in [0.4, 0.5) is 0 Å². The van der Waals surface area contributed by atoms with E-state index in [1.54, 1.807) is 0 Å². The predicted octanol–water partition coefficient (Wildman–Crippen LogP) is 2.79. The molecule has 0 fully saturated rings. The Hall–Kier alpha value is -1.06. The second-order valence-corrected chi connectivity index (χ2v) is 4.23. The summed E-state index contributed by atoms with van der Waals surface area (Å²) in [5.74, 6) is 1.04. The smallest absolute Gasteiger partial charge is 0.118 e. The predicted molar refractivity (Wildman–Crippen MR) is 71.9 cm³/mol. The molecule has 0 unspecified atom stereocenters. The molecule has 0 radical (unpaired) electrons. The maximum absolute atomic E-state index is 5.57. The first kappa shape index (κ1) is 14.0. The van der Waals surface area contributed by atoms with E-state index in [0.717, 1.165) is 44.9 Å². The fourth-order valence-electron chi connectivity index (χ4n) is 1.83. The third kappa shape index (κ3) is 5.20. The van der Waals surface area contributed by atoms with E-state index in [0.29, 0.717) is 0 Å². The van der Waals surface area contributed by atoms with Gasteiger partial charge in [-0.15, -0.1) is 6.58 Å². The average Bonchev–Trinajstić information content (AvgIpc) is 2.75. The van der Waals surface area contributed by atoms with Crippen molar-refractivity contribution in [1.29, 1.82) is 0 Å². The summed E-state index contributed by atoms with van der Waals surface area (Å²) in [5.41, 5.74) is 1.22. The van der Waals surface area contributed by atoms with E-state index in [4.69, 9.17) is 4.42 Å². The molecular formula is C14H24N2O. The van der Waals surface area contributed by atoms with Crippen molar-refractivity contribution in [2.75, 3.05) is 19.6 Å². The highest BCUT2D eigenvalue weighted by Gasteiger charge is 2.07. The number of rotatable bonds is 9. The molecule has 1 rings (SSSR count). The summed E-state index contributed by atoms with van der Waals surface area (Å²) in [5, 5.41) is 3.29. The van der Waals surface area contributed by atoms with Crippen molar-refractivity contribution in [1.82, 2.24) is 10.2 Å². The van der Waals surface area contributed by atoms with Crippen LogP contribution in [0.5, 0.6) is 0 Å². The van der Waals surface area contributed by atoms with Crippen LogP contribution in [0.1, 0.15) is 31.6 Å². The van der Waals surface area contributed by atoms with Gasteiger partial charge in [0.2, 0.25) is 0 Å². The van der Waals surface area contributed by atoms with E-state index in [1.807, 2.05) is 12.3 Å². The van der Waals surface area contributed by atoms with Crippen LogP contribution in [0.2, 0.25) is 0 Å². The molecule has 3 heteroatoms. The molecule has 0 amide bonds. The Morgan fingerprint density at radius 2 is 2.29 bits per heavy atom. The summed E-state index contributed by atoms with van der Waals surface area (Å²) in [6, 6.07) is 2.13. The van der Waals surface area contributed by atoms with Crippen LogP contribution in [0.3, 0.4) is 0 Å². The Balaban J connectivity index is 2.47. The fourth-order valence-corrected chi connectivity index (χ4v) is 1.83. The molecule has 3 nitrogen and oxygen atoms in total. The van der Waals surface area contributed by atoms with E-state index >= 15 is 0 Å². The number of hydrogen-bond acceptors (Lipinski definition) is 3. The average molecular weight is 236 g/mol. The van der Waals surface area contributed by atoms with Gasteiger partial charge < -0.3 is 9.73 Å². The van der Waals surface area contributed by atoms with Gasteiger partial charge in [0.15, 0.2) is 0 Å². The second-order valence-electron chi connectivity index (χ2n) is 4.23. The van der Waals surface area contributed by atoms with Gasteiger partial charge in [0.25, 0.3) is 0 Å². The fraction of sp³-hybridized carbons (Fsp3) is 0.571. The highest BCUT2D eigenvalue weighted by atomic mass is 16.3. The lowest BCUT2D eigenvalue weighted by Gasteiger charge is -2.17. The zero-order valence-corrected chi connectivity index (χ0v) is 11.0. The van der Waals surface area contributed by atoms with Crippen molar-refractivity contribution >= 4 is 0 Å². The van der Waals surface area contributed by atoms with Gasteiger partial charge in [0.1, 0.15) is 5.76 Å². The van der Waals surface area contributed by atoms with Crippen molar-refractivity contribution in [3.8, 4) is 0 Å². The lowest BCUT2D eigenvalue weighted by Crippen LogP contribution is -2.23. The van der Waals surface area contributed by atoms with Crippen LogP contribution < -0.4 is 5.32 Å². The topological polar surface area (TPSA) is 28.4 Å². The van der Waals surface area contributed by atoms with Crippen molar-refractivity contribution in [2.24, 2.45) is 0 Å². The van der Waals surface area contributed by atoms with Crippen LogP contribution in [0.15, 0.2) is 29.4 Å². The van der Waals surface area contributed by atoms with Crippen LogP contribution in [0.25, 0.3) is 0 Å². The molecule has 1 aromatic rings. The van der Waals surface area contributed by atoms with Gasteiger partial charge in [-0.05, 0) is 25.6 Å². The first-order chi connectivity index (χ1) is 8.30. The molecule has 0 bridgehead atoms. The van der Waals surface area contributed by atoms with Gasteiger partial charge in [0, 0.05) is 18.7 Å². The third-order valence-electron chi connectivity index (χ3n) is 2.59. The van der Waals surface area contributed by atoms with Crippen molar-refractivity contribution < 1.29 is 4.42 Å². The molecular weight excluding hydrogens is 212 g/mol. The van der Waals surface area contributed by atoms with E-state index in [-0.39, 0.29) is 0 Å². The second kappa shape index (κ2) is 8.09. The molecule has 1 aromatic heterocycles. The summed E-state index contributed by atoms with van der Waals surface area (Å²) < 4.78 is 5.57. The zero-order valence-electron chi connectivity index (χ0n) is 11.0. The lowest BCUT2D eigenvalue weighted by atomic mass is 10.3. The highest BCUT2D eigenvalue weighted by molar-refractivity contribution is 5.12. The minimum absolute atomic E-state index is 0.867. The zero-order chi connectivity index (χ0) is 12.5. The monoisotopic (exact) mass is 236 g/mol. The molecule has 0 spiro atoms. The van der Waals surface area contributed by atoms with Gasteiger partial charge in [-0.2, -0.15) is 0 Å². The lowest BCUT2D eigenvalue weighted by molar-refractivity contribution is 0.269. The standard InChI is InChI=1S/C14H24N2O/c1-4-7-16(8-5-2)11-14-9-13(12-17-14)10-15-6-3/h4,9,12,15H,1,5-8,10-11H2,2-3H3. The van der Waals surface area contributed by atoms with Crippen LogP contribution >= 0.6 is 0 Å². The van der Waals surface area contributed by atoms with Gasteiger partial charge in [-0.3, -0.25) is 4.90 Å². The van der Waals surface area contributed by atoms with Gasteiger partial charge in [-0.25, -0.2) is 0 Å². The molecule has 0 aliphatic rings. The first-order valence-corrected chi connectivity index (χ1v) is 6.40. The summed E-state index contributed by atoms with van der Waals surface area (Å²) in [7, 11) is 0. The Bertz CT molecular complexity index is 320. The molecule has 0 aliphatic heterocycles. The van der Waals surface area contributed by atoms with E-state index in [2.05, 4.69) is 36.7 Å². The summed E-state index contributed by atoms with van der Waals surface area (Å²) in [6.07, 6.45) is 4.94. The molecule has 17 heavy (non-hydrogen) atoms. The van der Waals surface area contributed by atoms with Gasteiger partial charge in [0.05, 0.1) is 12.8 Å². The molecule has 0 saturated heterocycles. The summed E-state index contributed by atoms with van der Waals surface area (Å²) in [4.78, 5) is 2.34. The summed E-state index contributed by atoms with van der Waals surface area (Å²) >= 11 is 0. The molecule has 0 atom stereocenters. The van der Waals surface area contributed by atoms with Crippen LogP contribution in [0, 0.1) is 0 Å². The minimum atomic E-state index is 0.867.